The Labute approximate surface area is 188 Å². The largest absolute Gasteiger partial charge is 0.474 e. The van der Waals surface area contributed by atoms with Crippen LogP contribution < -0.4 is 15.1 Å². The maximum Gasteiger partial charge on any atom is 0.414 e. The Morgan fingerprint density at radius 2 is 1.90 bits per heavy atom. The number of ether oxygens (including phenoxy) is 2. The van der Waals surface area contributed by atoms with Gasteiger partial charge in [0, 0.05) is 38.3 Å². The van der Waals surface area contributed by atoms with Gasteiger partial charge in [-0.05, 0) is 12.2 Å². The molecule has 1 aromatic carbocycles. The van der Waals surface area contributed by atoms with Gasteiger partial charge in [-0.25, -0.2) is 22.0 Å². The Bertz CT molecular complexity index is 937. The minimum absolute atomic E-state index is 0.0175. The smallest absolute Gasteiger partial charge is 0.414 e. The van der Waals surface area contributed by atoms with Gasteiger partial charge in [-0.3, -0.25) is 4.90 Å². The highest BCUT2D eigenvalue weighted by Gasteiger charge is 2.34. The molecule has 2 saturated heterocycles. The van der Waals surface area contributed by atoms with Crippen LogP contribution in [0.15, 0.2) is 12.1 Å². The Morgan fingerprint density at radius 1 is 1.29 bits per heavy atom. The third-order valence-corrected chi connectivity index (χ3v) is 7.50. The summed E-state index contributed by atoms with van der Waals surface area (Å²) in [4.78, 5) is 14.7. The summed E-state index contributed by atoms with van der Waals surface area (Å²) in [6.07, 6.45) is -1.31. The lowest BCUT2D eigenvalue weighted by molar-refractivity contribution is 0.142. The van der Waals surface area contributed by atoms with E-state index in [1.54, 1.807) is 0 Å². The lowest BCUT2D eigenvalue weighted by Gasteiger charge is -2.35. The molecule has 9 nitrogen and oxygen atoms in total. The number of carbonyl (C=O) groups is 1. The summed E-state index contributed by atoms with van der Waals surface area (Å²) in [5.74, 6) is -1.72. The molecule has 14 heteroatoms. The molecule has 1 aromatic rings. The maximum atomic E-state index is 14.8. The fourth-order valence-electron chi connectivity index (χ4n) is 3.38. The highest BCUT2D eigenvalue weighted by molar-refractivity contribution is 7.90. The number of anilines is 2. The number of rotatable bonds is 6. The molecule has 2 aliphatic heterocycles. The molecule has 0 bridgehead atoms. The fraction of sp³-hybridized carbons (Fsp3) is 0.529. The van der Waals surface area contributed by atoms with Gasteiger partial charge in [-0.1, -0.05) is 0 Å². The first-order valence-corrected chi connectivity index (χ1v) is 11.8. The predicted octanol–water partition coefficient (Wildman–Crippen LogP) is 1.46. The van der Waals surface area contributed by atoms with Crippen molar-refractivity contribution in [3.8, 4) is 0 Å². The Balaban J connectivity index is 1.70. The number of alkyl halides is 1. The number of benzene rings is 1. The van der Waals surface area contributed by atoms with E-state index < -0.39 is 39.1 Å². The zero-order valence-corrected chi connectivity index (χ0v) is 18.9. The van der Waals surface area contributed by atoms with Crippen molar-refractivity contribution < 1.29 is 31.5 Å². The first kappa shape index (κ1) is 23.7. The van der Waals surface area contributed by atoms with Crippen LogP contribution in [0.1, 0.15) is 0 Å². The number of cyclic esters (lactones) is 1. The van der Waals surface area contributed by atoms with E-state index in [1.807, 2.05) is 0 Å². The Hall–Kier alpha value is -1.96. The number of piperazine rings is 1. The minimum atomic E-state index is -3.58. The molecule has 31 heavy (non-hydrogen) atoms. The van der Waals surface area contributed by atoms with Crippen molar-refractivity contribution in [1.29, 1.82) is 0 Å². The van der Waals surface area contributed by atoms with Crippen LogP contribution in [0.2, 0.25) is 0 Å². The van der Waals surface area contributed by atoms with Crippen molar-refractivity contribution >= 4 is 56.5 Å². The van der Waals surface area contributed by atoms with Crippen LogP contribution >= 0.6 is 23.8 Å². The first-order valence-electron chi connectivity index (χ1n) is 9.24. The van der Waals surface area contributed by atoms with E-state index in [9.17, 15) is 22.0 Å². The summed E-state index contributed by atoms with van der Waals surface area (Å²) >= 11 is 10.3. The molecule has 172 valence electrons. The second kappa shape index (κ2) is 9.67. The highest BCUT2D eigenvalue weighted by Crippen LogP contribution is 2.31. The van der Waals surface area contributed by atoms with E-state index in [-0.39, 0.29) is 55.8 Å². The first-order chi connectivity index (χ1) is 14.7. The number of sulfonamides is 1. The molecule has 0 unspecified atom stereocenters. The molecule has 3 rings (SSSR count). The number of carbonyl (C=O) groups excluding carboxylic acids is 1. The zero-order chi connectivity index (χ0) is 22.8. The van der Waals surface area contributed by atoms with Crippen LogP contribution in [0.25, 0.3) is 0 Å². The summed E-state index contributed by atoms with van der Waals surface area (Å²) in [5.41, 5.74) is -0.258. The molecule has 0 aliphatic carbocycles. The Morgan fingerprint density at radius 3 is 2.45 bits per heavy atom. The predicted molar refractivity (Wildman–Crippen MR) is 115 cm³/mol. The molecule has 0 spiro atoms. The van der Waals surface area contributed by atoms with Crippen LogP contribution in [0, 0.1) is 11.6 Å². The van der Waals surface area contributed by atoms with Crippen LogP contribution in [-0.2, 0) is 19.5 Å². The molecular formula is C17H21ClF2N4O5S2. The summed E-state index contributed by atoms with van der Waals surface area (Å²) in [6.45, 7) is 0.585. The van der Waals surface area contributed by atoms with Crippen molar-refractivity contribution in [1.82, 2.24) is 9.62 Å². The van der Waals surface area contributed by atoms with E-state index in [0.717, 1.165) is 17.0 Å². The van der Waals surface area contributed by atoms with Crippen LogP contribution in [0.5, 0.6) is 0 Å². The van der Waals surface area contributed by atoms with Crippen molar-refractivity contribution in [2.24, 2.45) is 0 Å². The third kappa shape index (κ3) is 5.27. The average molecular weight is 499 g/mol. The van der Waals surface area contributed by atoms with Crippen molar-refractivity contribution in [3.05, 3.63) is 23.8 Å². The van der Waals surface area contributed by atoms with Gasteiger partial charge in [-0.15, -0.1) is 11.6 Å². The number of thiocarbonyl (C=S) groups is 1. The van der Waals surface area contributed by atoms with Gasteiger partial charge in [0.15, 0.2) is 11.6 Å². The standard InChI is InChI=1S/C17H21ClF2N4O5S2/c1-28-16(30)21-8-12-9-24(17(25)29-12)11-6-13(19)15(14(20)7-11)22-2-4-23(5-3-22)31(26,27)10-18/h6-7,12H,2-5,8-10H2,1H3,(H,21,30)/t12-/m0/s1. The number of halogens is 3. The third-order valence-electron chi connectivity index (χ3n) is 4.93. The zero-order valence-electron chi connectivity index (χ0n) is 16.5. The van der Waals surface area contributed by atoms with Gasteiger partial charge < -0.3 is 19.7 Å². The van der Waals surface area contributed by atoms with E-state index in [1.165, 1.54) is 16.3 Å². The normalized spacial score (nSPS) is 20.0. The molecule has 2 aliphatic rings. The maximum absolute atomic E-state index is 14.8. The lowest BCUT2D eigenvalue weighted by atomic mass is 10.2. The molecule has 2 heterocycles. The minimum Gasteiger partial charge on any atom is -0.474 e. The summed E-state index contributed by atoms with van der Waals surface area (Å²) in [7, 11) is -2.19. The second-order valence-electron chi connectivity index (χ2n) is 6.85. The number of nitrogens with zero attached hydrogens (tertiary/aromatic N) is 3. The molecule has 0 aromatic heterocycles. The molecule has 1 atom stereocenters. The van der Waals surface area contributed by atoms with Crippen LogP contribution in [0.4, 0.5) is 25.0 Å². The van der Waals surface area contributed by atoms with Crippen molar-refractivity contribution in [2.75, 3.05) is 61.4 Å². The average Bonchev–Trinajstić information content (AvgIpc) is 3.12. The topological polar surface area (TPSA) is 91.4 Å². The SMILES string of the molecule is COC(=S)NC[C@H]1CN(c2cc(F)c(N3CCN(S(=O)(=O)CCl)CC3)c(F)c2)C(=O)O1. The number of methoxy groups -OCH3 is 1. The Kier molecular flexibility index (Phi) is 7.39. The second-order valence-corrected chi connectivity index (χ2v) is 9.78. The fourth-order valence-corrected chi connectivity index (χ4v) is 4.73. The molecule has 2 fully saturated rings. The van der Waals surface area contributed by atoms with Gasteiger partial charge in [0.05, 0.1) is 25.9 Å². The quantitative estimate of drug-likeness (QED) is 0.465. The van der Waals surface area contributed by atoms with Gasteiger partial charge in [0.2, 0.25) is 10.0 Å². The van der Waals surface area contributed by atoms with Crippen molar-refractivity contribution in [2.45, 2.75) is 6.10 Å². The number of hydrogen-bond acceptors (Lipinski definition) is 7. The molecule has 1 N–H and O–H groups in total. The summed E-state index contributed by atoms with van der Waals surface area (Å²) in [5, 5.41) is 2.34. The van der Waals surface area contributed by atoms with Gasteiger partial charge >= 0.3 is 6.09 Å². The van der Waals surface area contributed by atoms with E-state index in [2.05, 4.69) is 5.32 Å². The van der Waals surface area contributed by atoms with Gasteiger partial charge in [0.1, 0.15) is 17.0 Å². The number of hydrogen-bond donors (Lipinski definition) is 1. The lowest BCUT2D eigenvalue weighted by Crippen LogP contribution is -2.49. The monoisotopic (exact) mass is 498 g/mol. The van der Waals surface area contributed by atoms with Gasteiger partial charge in [0.25, 0.3) is 5.17 Å². The summed E-state index contributed by atoms with van der Waals surface area (Å²) in [6, 6.07) is 2.11. The molecule has 1 amide bonds. The molecule has 0 radical (unpaired) electrons. The van der Waals surface area contributed by atoms with Crippen LogP contribution in [-0.4, -0.2) is 81.7 Å². The summed E-state index contributed by atoms with van der Waals surface area (Å²) < 4.78 is 64.5. The number of amides is 1. The van der Waals surface area contributed by atoms with Crippen molar-refractivity contribution in [3.63, 3.8) is 0 Å². The molecular weight excluding hydrogens is 478 g/mol. The van der Waals surface area contributed by atoms with E-state index in [4.69, 9.17) is 33.3 Å². The van der Waals surface area contributed by atoms with E-state index in [0.29, 0.717) is 0 Å². The molecule has 0 saturated carbocycles. The number of nitrogens with one attached hydrogen (secondary N) is 1. The van der Waals surface area contributed by atoms with Gasteiger partial charge in [-0.2, -0.15) is 4.31 Å². The van der Waals surface area contributed by atoms with Crippen LogP contribution in [0.3, 0.4) is 0 Å². The van der Waals surface area contributed by atoms with E-state index >= 15 is 0 Å². The highest BCUT2D eigenvalue weighted by atomic mass is 35.5.